The zero-order valence-corrected chi connectivity index (χ0v) is 15.4. The molecule has 1 saturated heterocycles. The number of piperazine rings is 1. The standard InChI is InChI=1S/C15H15BrN6OS/c1-20-5-7-21(8-6-20)14(23)12-17-18-15-22(12)19-13(24-15)10-3-2-4-11(16)9-10/h2-4,9H,5-8H2,1H3. The highest BCUT2D eigenvalue weighted by atomic mass is 79.9. The molecule has 1 aliphatic heterocycles. The smallest absolute Gasteiger partial charge is 0.293 e. The molecule has 7 nitrogen and oxygen atoms in total. The average molecular weight is 407 g/mol. The van der Waals surface area contributed by atoms with Crippen molar-refractivity contribution in [3.63, 3.8) is 0 Å². The molecule has 2 aromatic heterocycles. The van der Waals surface area contributed by atoms with Crippen molar-refractivity contribution in [2.24, 2.45) is 0 Å². The van der Waals surface area contributed by atoms with E-state index in [2.05, 4.69) is 43.2 Å². The lowest BCUT2D eigenvalue weighted by atomic mass is 10.2. The van der Waals surface area contributed by atoms with Crippen molar-refractivity contribution >= 4 is 38.1 Å². The van der Waals surface area contributed by atoms with Gasteiger partial charge < -0.3 is 9.80 Å². The van der Waals surface area contributed by atoms with Gasteiger partial charge in [-0.15, -0.1) is 10.2 Å². The molecule has 0 N–H and O–H groups in total. The number of likely N-dealkylation sites (N-methyl/N-ethyl adjacent to an activating group) is 1. The number of hydrogen-bond acceptors (Lipinski definition) is 6. The van der Waals surface area contributed by atoms with E-state index in [0.717, 1.165) is 28.1 Å². The van der Waals surface area contributed by atoms with Gasteiger partial charge in [-0.1, -0.05) is 39.4 Å². The number of benzene rings is 1. The van der Waals surface area contributed by atoms with Gasteiger partial charge in [-0.05, 0) is 19.2 Å². The first-order chi connectivity index (χ1) is 11.6. The predicted molar refractivity (Wildman–Crippen MR) is 95.2 cm³/mol. The van der Waals surface area contributed by atoms with E-state index in [0.29, 0.717) is 18.1 Å². The molecule has 0 aliphatic carbocycles. The van der Waals surface area contributed by atoms with Crippen LogP contribution in [-0.2, 0) is 0 Å². The van der Waals surface area contributed by atoms with Crippen LogP contribution in [0.3, 0.4) is 0 Å². The number of halogens is 1. The summed E-state index contributed by atoms with van der Waals surface area (Å²) in [5.41, 5.74) is 0.984. The fourth-order valence-electron chi connectivity index (χ4n) is 2.64. The van der Waals surface area contributed by atoms with Crippen molar-refractivity contribution in [2.45, 2.75) is 0 Å². The summed E-state index contributed by atoms with van der Waals surface area (Å²) >= 11 is 4.89. The number of hydrogen-bond donors (Lipinski definition) is 0. The second-order valence-electron chi connectivity index (χ2n) is 5.73. The number of fused-ring (bicyclic) bond motifs is 1. The van der Waals surface area contributed by atoms with E-state index in [-0.39, 0.29) is 11.7 Å². The largest absolute Gasteiger partial charge is 0.333 e. The maximum Gasteiger partial charge on any atom is 0.293 e. The highest BCUT2D eigenvalue weighted by Gasteiger charge is 2.26. The molecule has 0 saturated carbocycles. The van der Waals surface area contributed by atoms with Gasteiger partial charge >= 0.3 is 0 Å². The summed E-state index contributed by atoms with van der Waals surface area (Å²) in [7, 11) is 2.06. The Kier molecular flexibility index (Phi) is 4.07. The normalized spacial score (nSPS) is 16.0. The third-order valence-electron chi connectivity index (χ3n) is 4.04. The molecule has 1 aromatic carbocycles. The molecule has 3 aromatic rings. The molecular formula is C15H15BrN6OS. The Bertz CT molecular complexity index is 898. The van der Waals surface area contributed by atoms with E-state index >= 15 is 0 Å². The van der Waals surface area contributed by atoms with Crippen LogP contribution >= 0.6 is 27.3 Å². The lowest BCUT2D eigenvalue weighted by Crippen LogP contribution is -2.47. The molecule has 9 heteroatoms. The molecule has 1 amide bonds. The lowest BCUT2D eigenvalue weighted by Gasteiger charge is -2.31. The van der Waals surface area contributed by atoms with Crippen LogP contribution in [0.4, 0.5) is 0 Å². The molecule has 24 heavy (non-hydrogen) atoms. The van der Waals surface area contributed by atoms with Crippen LogP contribution < -0.4 is 0 Å². The summed E-state index contributed by atoms with van der Waals surface area (Å²) in [6.07, 6.45) is 0. The zero-order valence-electron chi connectivity index (χ0n) is 13.0. The maximum atomic E-state index is 12.7. The number of carbonyl (C=O) groups excluding carboxylic acids is 1. The average Bonchev–Trinajstić information content (AvgIpc) is 3.15. The van der Waals surface area contributed by atoms with Crippen LogP contribution in [0.1, 0.15) is 10.6 Å². The quantitative estimate of drug-likeness (QED) is 0.650. The van der Waals surface area contributed by atoms with E-state index < -0.39 is 0 Å². The first kappa shape index (κ1) is 15.7. The topological polar surface area (TPSA) is 66.6 Å². The van der Waals surface area contributed by atoms with Gasteiger partial charge in [-0.2, -0.15) is 9.61 Å². The summed E-state index contributed by atoms with van der Waals surface area (Å²) in [6, 6.07) is 7.90. The fourth-order valence-corrected chi connectivity index (χ4v) is 3.87. The monoisotopic (exact) mass is 406 g/mol. The van der Waals surface area contributed by atoms with E-state index in [1.165, 1.54) is 11.3 Å². The first-order valence-electron chi connectivity index (χ1n) is 7.58. The first-order valence-corrected chi connectivity index (χ1v) is 9.19. The van der Waals surface area contributed by atoms with Gasteiger partial charge in [0, 0.05) is 36.2 Å². The molecular weight excluding hydrogens is 392 g/mol. The highest BCUT2D eigenvalue weighted by molar-refractivity contribution is 9.10. The molecule has 124 valence electrons. The Morgan fingerprint density at radius 2 is 2.00 bits per heavy atom. The summed E-state index contributed by atoms with van der Waals surface area (Å²) in [5, 5.41) is 13.5. The summed E-state index contributed by atoms with van der Waals surface area (Å²) in [6.45, 7) is 3.14. The third-order valence-corrected chi connectivity index (χ3v) is 5.49. The van der Waals surface area contributed by atoms with Crippen molar-refractivity contribution in [2.75, 3.05) is 33.2 Å². The van der Waals surface area contributed by atoms with E-state index in [9.17, 15) is 4.79 Å². The SMILES string of the molecule is CN1CCN(C(=O)c2nnc3sc(-c4cccc(Br)c4)nn23)CC1. The number of rotatable bonds is 2. The van der Waals surface area contributed by atoms with Crippen LogP contribution in [-0.4, -0.2) is 68.7 Å². The minimum atomic E-state index is -0.110. The van der Waals surface area contributed by atoms with Crippen LogP contribution in [0.5, 0.6) is 0 Å². The van der Waals surface area contributed by atoms with E-state index in [1.54, 1.807) is 4.52 Å². The summed E-state index contributed by atoms with van der Waals surface area (Å²) in [5.74, 6) is 0.175. The molecule has 4 rings (SSSR count). The Morgan fingerprint density at radius 1 is 1.21 bits per heavy atom. The minimum Gasteiger partial charge on any atom is -0.333 e. The Balaban J connectivity index is 1.66. The van der Waals surface area contributed by atoms with Gasteiger partial charge in [-0.3, -0.25) is 4.79 Å². The molecule has 0 atom stereocenters. The molecule has 0 unspecified atom stereocenters. The number of carbonyl (C=O) groups is 1. The van der Waals surface area contributed by atoms with Gasteiger partial charge in [0.25, 0.3) is 5.91 Å². The Labute approximate surface area is 151 Å². The van der Waals surface area contributed by atoms with Crippen molar-refractivity contribution in [3.05, 3.63) is 34.6 Å². The molecule has 1 aliphatic rings. The molecule has 1 fully saturated rings. The summed E-state index contributed by atoms with van der Waals surface area (Å²) in [4.78, 5) is 17.4. The Hall–Kier alpha value is -1.84. The van der Waals surface area contributed by atoms with Crippen LogP contribution in [0.2, 0.25) is 0 Å². The third kappa shape index (κ3) is 2.83. The van der Waals surface area contributed by atoms with Crippen molar-refractivity contribution in [1.29, 1.82) is 0 Å². The Morgan fingerprint density at radius 3 is 2.75 bits per heavy atom. The summed E-state index contributed by atoms with van der Waals surface area (Å²) < 4.78 is 2.54. The van der Waals surface area contributed by atoms with Crippen molar-refractivity contribution in [3.8, 4) is 10.6 Å². The lowest BCUT2D eigenvalue weighted by molar-refractivity contribution is 0.0649. The minimum absolute atomic E-state index is 0.110. The second kappa shape index (κ2) is 6.23. The van der Waals surface area contributed by atoms with E-state index in [4.69, 9.17) is 0 Å². The van der Waals surface area contributed by atoms with E-state index in [1.807, 2.05) is 29.2 Å². The number of nitrogens with zero attached hydrogens (tertiary/aromatic N) is 6. The molecule has 0 bridgehead atoms. The van der Waals surface area contributed by atoms with Gasteiger partial charge in [0.05, 0.1) is 0 Å². The van der Waals surface area contributed by atoms with Crippen LogP contribution in [0.25, 0.3) is 15.5 Å². The molecule has 0 spiro atoms. The highest BCUT2D eigenvalue weighted by Crippen LogP contribution is 2.27. The van der Waals surface area contributed by atoms with Crippen molar-refractivity contribution in [1.82, 2.24) is 29.6 Å². The van der Waals surface area contributed by atoms with Gasteiger partial charge in [0.15, 0.2) is 0 Å². The van der Waals surface area contributed by atoms with Gasteiger partial charge in [0.1, 0.15) is 5.01 Å². The fraction of sp³-hybridized carbons (Fsp3) is 0.333. The molecule has 3 heterocycles. The zero-order chi connectivity index (χ0) is 16.7. The van der Waals surface area contributed by atoms with Crippen LogP contribution in [0, 0.1) is 0 Å². The van der Waals surface area contributed by atoms with Gasteiger partial charge in [-0.25, -0.2) is 0 Å². The molecule has 0 radical (unpaired) electrons. The van der Waals surface area contributed by atoms with Crippen molar-refractivity contribution < 1.29 is 4.79 Å². The predicted octanol–water partition coefficient (Wildman–Crippen LogP) is 2.00. The number of aromatic nitrogens is 4. The van der Waals surface area contributed by atoms with Crippen LogP contribution in [0.15, 0.2) is 28.7 Å². The number of amides is 1. The second-order valence-corrected chi connectivity index (χ2v) is 7.60. The van der Waals surface area contributed by atoms with Gasteiger partial charge in [0.2, 0.25) is 10.8 Å². The maximum absolute atomic E-state index is 12.7.